The Morgan fingerprint density at radius 3 is 2.38 bits per heavy atom. The van der Waals surface area contributed by atoms with E-state index >= 15 is 0 Å². The Bertz CT molecular complexity index is 827. The molecule has 1 aromatic heterocycles. The first kappa shape index (κ1) is 23.0. The van der Waals surface area contributed by atoms with Crippen LogP contribution >= 0.6 is 0 Å². The summed E-state index contributed by atoms with van der Waals surface area (Å²) in [6.45, 7) is 6.72. The minimum Gasteiger partial charge on any atom is -0.356 e. The number of benzene rings is 1. The molecular formula is C26H38FN5. The first-order chi connectivity index (χ1) is 15.7. The predicted molar refractivity (Wildman–Crippen MR) is 130 cm³/mol. The fourth-order valence-corrected chi connectivity index (χ4v) is 5.06. The van der Waals surface area contributed by atoms with E-state index in [1.165, 1.54) is 70.2 Å². The number of rotatable bonds is 9. The number of aromatic nitrogens is 2. The van der Waals surface area contributed by atoms with Gasteiger partial charge >= 0.3 is 0 Å². The molecule has 4 rings (SSSR count). The first-order valence-electron chi connectivity index (χ1n) is 12.6. The number of hydrogen-bond acceptors (Lipinski definition) is 5. The highest BCUT2D eigenvalue weighted by molar-refractivity contribution is 5.55. The van der Waals surface area contributed by atoms with Gasteiger partial charge < -0.3 is 15.5 Å². The van der Waals surface area contributed by atoms with Crippen molar-refractivity contribution < 1.29 is 4.39 Å². The van der Waals surface area contributed by atoms with Crippen molar-refractivity contribution in [3.05, 3.63) is 41.8 Å². The van der Waals surface area contributed by atoms with Crippen LogP contribution in [0.4, 0.5) is 21.8 Å². The predicted octanol–water partition coefficient (Wildman–Crippen LogP) is 5.70. The minimum atomic E-state index is -0.240. The van der Waals surface area contributed by atoms with Crippen LogP contribution in [0.1, 0.15) is 64.0 Å². The third-order valence-electron chi connectivity index (χ3n) is 6.99. The summed E-state index contributed by atoms with van der Waals surface area (Å²) in [5.41, 5.74) is 1.87. The van der Waals surface area contributed by atoms with E-state index in [1.54, 1.807) is 12.1 Å². The lowest BCUT2D eigenvalue weighted by atomic mass is 9.87. The fourth-order valence-electron chi connectivity index (χ4n) is 5.06. The summed E-state index contributed by atoms with van der Waals surface area (Å²) < 4.78 is 13.2. The highest BCUT2D eigenvalue weighted by Crippen LogP contribution is 2.29. The third-order valence-corrected chi connectivity index (χ3v) is 6.99. The van der Waals surface area contributed by atoms with E-state index in [9.17, 15) is 4.39 Å². The summed E-state index contributed by atoms with van der Waals surface area (Å²) in [6, 6.07) is 8.50. The maximum Gasteiger partial charge on any atom is 0.229 e. The molecule has 1 aromatic carbocycles. The molecule has 2 N–H and O–H groups in total. The standard InChI is InChI=1S/C26H38FN5/c1-2-4-24-19-25(31-26(30-24)29-23-9-7-22(27)8-10-23)32-17-13-21(14-18-32)6-3-5-20-11-15-28-16-12-20/h7-10,19-21,28H,2-6,11-18H2,1H3,(H,29,30,31). The molecule has 2 fully saturated rings. The van der Waals surface area contributed by atoms with Gasteiger partial charge in [0.2, 0.25) is 5.95 Å². The van der Waals surface area contributed by atoms with Gasteiger partial charge in [0.15, 0.2) is 0 Å². The Labute approximate surface area is 192 Å². The van der Waals surface area contributed by atoms with E-state index in [0.717, 1.165) is 55.0 Å². The monoisotopic (exact) mass is 439 g/mol. The van der Waals surface area contributed by atoms with E-state index in [-0.39, 0.29) is 5.82 Å². The lowest BCUT2D eigenvalue weighted by Gasteiger charge is -2.33. The molecule has 5 nitrogen and oxygen atoms in total. The molecule has 0 atom stereocenters. The van der Waals surface area contributed by atoms with Crippen molar-refractivity contribution in [2.24, 2.45) is 11.8 Å². The highest BCUT2D eigenvalue weighted by atomic mass is 19.1. The molecule has 32 heavy (non-hydrogen) atoms. The molecule has 2 saturated heterocycles. The van der Waals surface area contributed by atoms with E-state index < -0.39 is 0 Å². The van der Waals surface area contributed by atoms with Crippen molar-refractivity contribution in [1.82, 2.24) is 15.3 Å². The van der Waals surface area contributed by atoms with Crippen LogP contribution in [-0.4, -0.2) is 36.1 Å². The van der Waals surface area contributed by atoms with E-state index in [1.807, 2.05) is 0 Å². The number of nitrogens with one attached hydrogen (secondary N) is 2. The van der Waals surface area contributed by atoms with Gasteiger partial charge in [0.1, 0.15) is 11.6 Å². The summed E-state index contributed by atoms with van der Waals surface area (Å²) >= 11 is 0. The molecule has 0 amide bonds. The quantitative estimate of drug-likeness (QED) is 0.525. The fraction of sp³-hybridized carbons (Fsp3) is 0.615. The van der Waals surface area contributed by atoms with Gasteiger partial charge in [-0.3, -0.25) is 0 Å². The smallest absolute Gasteiger partial charge is 0.229 e. The first-order valence-corrected chi connectivity index (χ1v) is 12.6. The molecule has 0 bridgehead atoms. The minimum absolute atomic E-state index is 0.240. The zero-order chi connectivity index (χ0) is 22.2. The molecule has 0 unspecified atom stereocenters. The number of nitrogens with zero attached hydrogens (tertiary/aromatic N) is 3. The molecule has 3 heterocycles. The Balaban J connectivity index is 1.32. The number of aryl methyl sites for hydroxylation is 1. The summed E-state index contributed by atoms with van der Waals surface area (Å²) in [5, 5.41) is 6.73. The third kappa shape index (κ3) is 6.64. The van der Waals surface area contributed by atoms with Crippen molar-refractivity contribution >= 4 is 17.5 Å². The topological polar surface area (TPSA) is 53.1 Å². The second kappa shape index (κ2) is 11.6. The van der Waals surface area contributed by atoms with Gasteiger partial charge in [-0.15, -0.1) is 0 Å². The molecule has 0 radical (unpaired) electrons. The van der Waals surface area contributed by atoms with Crippen molar-refractivity contribution in [1.29, 1.82) is 0 Å². The van der Waals surface area contributed by atoms with Crippen LogP contribution in [0, 0.1) is 17.7 Å². The van der Waals surface area contributed by atoms with Crippen LogP contribution in [0.5, 0.6) is 0 Å². The van der Waals surface area contributed by atoms with Crippen LogP contribution in [0.15, 0.2) is 30.3 Å². The molecule has 174 valence electrons. The lowest BCUT2D eigenvalue weighted by Crippen LogP contribution is -2.34. The molecule has 6 heteroatoms. The number of anilines is 3. The van der Waals surface area contributed by atoms with Crippen molar-refractivity contribution in [2.75, 3.05) is 36.4 Å². The van der Waals surface area contributed by atoms with Crippen LogP contribution in [0.25, 0.3) is 0 Å². The highest BCUT2D eigenvalue weighted by Gasteiger charge is 2.22. The van der Waals surface area contributed by atoms with Crippen molar-refractivity contribution in [3.63, 3.8) is 0 Å². The number of piperidine rings is 2. The van der Waals surface area contributed by atoms with Gasteiger partial charge in [0.05, 0.1) is 0 Å². The van der Waals surface area contributed by atoms with Gasteiger partial charge in [-0.1, -0.05) is 32.6 Å². The molecule has 2 aliphatic heterocycles. The zero-order valence-electron chi connectivity index (χ0n) is 19.5. The maximum atomic E-state index is 13.2. The normalized spacial score (nSPS) is 18.1. The van der Waals surface area contributed by atoms with Crippen LogP contribution in [0.3, 0.4) is 0 Å². The van der Waals surface area contributed by atoms with Crippen LogP contribution in [0.2, 0.25) is 0 Å². The largest absolute Gasteiger partial charge is 0.356 e. The lowest BCUT2D eigenvalue weighted by molar-refractivity contribution is 0.313. The Morgan fingerprint density at radius 1 is 1.00 bits per heavy atom. The maximum absolute atomic E-state index is 13.2. The van der Waals surface area contributed by atoms with Crippen molar-refractivity contribution in [2.45, 2.75) is 64.7 Å². The second-order valence-electron chi connectivity index (χ2n) is 9.48. The number of halogens is 1. The van der Waals surface area contributed by atoms with E-state index in [4.69, 9.17) is 4.98 Å². The molecule has 2 aromatic rings. The molecule has 2 aliphatic rings. The zero-order valence-corrected chi connectivity index (χ0v) is 19.5. The van der Waals surface area contributed by atoms with E-state index in [0.29, 0.717) is 5.95 Å². The average Bonchev–Trinajstić information content (AvgIpc) is 2.82. The van der Waals surface area contributed by atoms with Gasteiger partial charge in [-0.25, -0.2) is 9.37 Å². The Kier molecular flexibility index (Phi) is 8.32. The van der Waals surface area contributed by atoms with Crippen LogP contribution < -0.4 is 15.5 Å². The van der Waals surface area contributed by atoms with Gasteiger partial charge in [-0.2, -0.15) is 4.98 Å². The molecule has 0 saturated carbocycles. The van der Waals surface area contributed by atoms with Crippen molar-refractivity contribution in [3.8, 4) is 0 Å². The summed E-state index contributed by atoms with van der Waals surface area (Å²) in [4.78, 5) is 11.9. The average molecular weight is 440 g/mol. The summed E-state index contributed by atoms with van der Waals surface area (Å²) in [6.07, 6.45) is 11.4. The molecular weight excluding hydrogens is 401 g/mol. The Morgan fingerprint density at radius 2 is 1.69 bits per heavy atom. The van der Waals surface area contributed by atoms with E-state index in [2.05, 4.69) is 33.5 Å². The summed E-state index contributed by atoms with van der Waals surface area (Å²) in [7, 11) is 0. The second-order valence-corrected chi connectivity index (χ2v) is 9.48. The number of hydrogen-bond donors (Lipinski definition) is 2. The Hall–Kier alpha value is -2.21. The molecule has 0 spiro atoms. The van der Waals surface area contributed by atoms with Gasteiger partial charge in [-0.05, 0) is 81.3 Å². The SMILES string of the molecule is CCCc1cc(N2CCC(CCCC3CCNCC3)CC2)nc(Nc2ccc(F)cc2)n1. The molecule has 0 aliphatic carbocycles. The van der Waals surface area contributed by atoms with Gasteiger partial charge in [0, 0.05) is 30.5 Å². The summed E-state index contributed by atoms with van der Waals surface area (Å²) in [5.74, 6) is 3.17. The van der Waals surface area contributed by atoms with Gasteiger partial charge in [0.25, 0.3) is 0 Å². The van der Waals surface area contributed by atoms with Crippen LogP contribution in [-0.2, 0) is 6.42 Å².